The van der Waals surface area contributed by atoms with E-state index in [-0.39, 0.29) is 12.3 Å². The molecule has 1 atom stereocenters. The highest BCUT2D eigenvalue weighted by Crippen LogP contribution is 2.33. The number of amides is 4. The minimum absolute atomic E-state index is 0.136. The molecule has 9 heteroatoms. The SMILES string of the molecule is COc1ccc(C(=O)N(C2CC(=O)N(c3ccc(NC(C)=O)cc3)C2=O)C(C)(C)C)cc1OC. The summed E-state index contributed by atoms with van der Waals surface area (Å²) in [6.45, 7) is 6.83. The van der Waals surface area contributed by atoms with Crippen LogP contribution in [0.2, 0.25) is 0 Å². The van der Waals surface area contributed by atoms with Gasteiger partial charge in [0.1, 0.15) is 6.04 Å². The lowest BCUT2D eigenvalue weighted by atomic mass is 9.99. The van der Waals surface area contributed by atoms with E-state index in [1.807, 2.05) is 20.8 Å². The molecule has 1 aliphatic rings. The van der Waals surface area contributed by atoms with E-state index in [9.17, 15) is 19.2 Å². The molecule has 0 aliphatic carbocycles. The summed E-state index contributed by atoms with van der Waals surface area (Å²) in [5, 5.41) is 2.64. The quantitative estimate of drug-likeness (QED) is 0.654. The second-order valence-corrected chi connectivity index (χ2v) is 8.93. The molecular formula is C25H29N3O6. The molecule has 0 bridgehead atoms. The molecule has 0 saturated carbocycles. The van der Waals surface area contributed by atoms with E-state index in [1.54, 1.807) is 42.5 Å². The standard InChI is InChI=1S/C25H29N3O6/c1-15(29)26-17-8-10-18(11-9-17)27-22(30)14-19(24(27)32)28(25(2,3)4)23(31)16-7-12-20(33-5)21(13-16)34-6/h7-13,19H,14H2,1-6H3,(H,26,29). The molecule has 1 aliphatic heterocycles. The number of imide groups is 1. The molecule has 1 saturated heterocycles. The number of anilines is 2. The van der Waals surface area contributed by atoms with Crippen LogP contribution in [0.15, 0.2) is 42.5 Å². The van der Waals surface area contributed by atoms with E-state index >= 15 is 0 Å². The van der Waals surface area contributed by atoms with Crippen molar-refractivity contribution in [2.45, 2.75) is 45.7 Å². The normalized spacial score (nSPS) is 15.8. The van der Waals surface area contributed by atoms with Crippen LogP contribution in [0.25, 0.3) is 0 Å². The monoisotopic (exact) mass is 467 g/mol. The number of rotatable bonds is 6. The van der Waals surface area contributed by atoms with E-state index in [4.69, 9.17) is 9.47 Å². The van der Waals surface area contributed by atoms with Gasteiger partial charge in [-0.15, -0.1) is 0 Å². The number of carbonyl (C=O) groups excluding carboxylic acids is 4. The van der Waals surface area contributed by atoms with Crippen molar-refractivity contribution in [3.8, 4) is 11.5 Å². The minimum Gasteiger partial charge on any atom is -0.493 e. The highest BCUT2D eigenvalue weighted by Gasteiger charge is 2.47. The van der Waals surface area contributed by atoms with E-state index < -0.39 is 29.3 Å². The molecule has 180 valence electrons. The van der Waals surface area contributed by atoms with Crippen molar-refractivity contribution in [2.24, 2.45) is 0 Å². The average molecular weight is 468 g/mol. The second kappa shape index (κ2) is 9.54. The summed E-state index contributed by atoms with van der Waals surface area (Å²) < 4.78 is 10.6. The largest absolute Gasteiger partial charge is 0.493 e. The zero-order chi connectivity index (χ0) is 25.2. The Kier molecular flexibility index (Phi) is 6.95. The topological polar surface area (TPSA) is 105 Å². The van der Waals surface area contributed by atoms with Gasteiger partial charge in [-0.2, -0.15) is 0 Å². The first-order valence-corrected chi connectivity index (χ1v) is 10.8. The molecular weight excluding hydrogens is 438 g/mol. The Morgan fingerprint density at radius 1 is 1.00 bits per heavy atom. The summed E-state index contributed by atoms with van der Waals surface area (Å²) >= 11 is 0. The molecule has 1 N–H and O–H groups in total. The van der Waals surface area contributed by atoms with Gasteiger partial charge in [-0.05, 0) is 63.2 Å². The van der Waals surface area contributed by atoms with Crippen LogP contribution in [0.3, 0.4) is 0 Å². The van der Waals surface area contributed by atoms with Crippen molar-refractivity contribution in [2.75, 3.05) is 24.4 Å². The predicted molar refractivity (Wildman–Crippen MR) is 127 cm³/mol. The van der Waals surface area contributed by atoms with Crippen molar-refractivity contribution in [1.29, 1.82) is 0 Å². The maximum Gasteiger partial charge on any atom is 0.257 e. The third-order valence-electron chi connectivity index (χ3n) is 5.45. The Bertz CT molecular complexity index is 1120. The first-order valence-electron chi connectivity index (χ1n) is 10.8. The first kappa shape index (κ1) is 24.8. The Hall–Kier alpha value is -3.88. The van der Waals surface area contributed by atoms with E-state index in [2.05, 4.69) is 5.32 Å². The lowest BCUT2D eigenvalue weighted by Crippen LogP contribution is -2.54. The third-order valence-corrected chi connectivity index (χ3v) is 5.45. The molecule has 34 heavy (non-hydrogen) atoms. The van der Waals surface area contributed by atoms with E-state index in [0.717, 1.165) is 4.90 Å². The van der Waals surface area contributed by atoms with E-state index in [0.29, 0.717) is 28.4 Å². The van der Waals surface area contributed by atoms with E-state index in [1.165, 1.54) is 26.0 Å². The number of hydrogen-bond acceptors (Lipinski definition) is 6. The fourth-order valence-corrected chi connectivity index (χ4v) is 4.01. The van der Waals surface area contributed by atoms with Crippen molar-refractivity contribution in [1.82, 2.24) is 4.90 Å². The van der Waals surface area contributed by atoms with Gasteiger partial charge in [0, 0.05) is 23.7 Å². The smallest absolute Gasteiger partial charge is 0.257 e. The zero-order valence-corrected chi connectivity index (χ0v) is 20.2. The Balaban J connectivity index is 1.93. The maximum atomic E-state index is 13.6. The van der Waals surface area contributed by atoms with Gasteiger partial charge in [0.15, 0.2) is 11.5 Å². The predicted octanol–water partition coefficient (Wildman–Crippen LogP) is 3.24. The Morgan fingerprint density at radius 2 is 1.62 bits per heavy atom. The summed E-state index contributed by atoms with van der Waals surface area (Å²) in [4.78, 5) is 53.7. The van der Waals surface area contributed by atoms with Gasteiger partial charge in [-0.25, -0.2) is 4.90 Å². The summed E-state index contributed by atoms with van der Waals surface area (Å²) in [6.07, 6.45) is -0.136. The van der Waals surface area contributed by atoms with Gasteiger partial charge in [0.2, 0.25) is 11.8 Å². The van der Waals surface area contributed by atoms with Crippen molar-refractivity contribution in [3.05, 3.63) is 48.0 Å². The lowest BCUT2D eigenvalue weighted by Gasteiger charge is -2.39. The third kappa shape index (κ3) is 4.88. The number of benzene rings is 2. The van der Waals surface area contributed by atoms with Crippen LogP contribution in [-0.4, -0.2) is 54.3 Å². The second-order valence-electron chi connectivity index (χ2n) is 8.93. The van der Waals surface area contributed by atoms with Crippen molar-refractivity contribution in [3.63, 3.8) is 0 Å². The zero-order valence-electron chi connectivity index (χ0n) is 20.2. The molecule has 1 fully saturated rings. The van der Waals surface area contributed by atoms with Crippen molar-refractivity contribution >= 4 is 35.0 Å². The van der Waals surface area contributed by atoms with Crippen LogP contribution in [0.5, 0.6) is 11.5 Å². The molecule has 0 spiro atoms. The molecule has 1 heterocycles. The average Bonchev–Trinajstić information content (AvgIpc) is 3.05. The highest BCUT2D eigenvalue weighted by atomic mass is 16.5. The molecule has 3 rings (SSSR count). The van der Waals surface area contributed by atoms with Crippen LogP contribution in [-0.2, 0) is 14.4 Å². The van der Waals surface area contributed by atoms with Gasteiger partial charge in [0.05, 0.1) is 26.3 Å². The molecule has 1 unspecified atom stereocenters. The molecule has 0 radical (unpaired) electrons. The van der Waals surface area contributed by atoms with Gasteiger partial charge in [-0.1, -0.05) is 0 Å². The summed E-state index contributed by atoms with van der Waals surface area (Å²) in [6, 6.07) is 10.2. The molecule has 4 amide bonds. The molecule has 2 aromatic carbocycles. The first-order chi connectivity index (χ1) is 16.0. The Morgan fingerprint density at radius 3 is 2.15 bits per heavy atom. The number of hydrogen-bond donors (Lipinski definition) is 1. The summed E-state index contributed by atoms with van der Waals surface area (Å²) in [5.74, 6) is -0.657. The van der Waals surface area contributed by atoms with Crippen LogP contribution in [0.1, 0.15) is 44.5 Å². The molecule has 0 aromatic heterocycles. The van der Waals surface area contributed by atoms with Gasteiger partial charge < -0.3 is 19.7 Å². The maximum absolute atomic E-state index is 13.6. The number of nitrogens with one attached hydrogen (secondary N) is 1. The minimum atomic E-state index is -0.969. The van der Waals surface area contributed by atoms with Crippen LogP contribution < -0.4 is 19.7 Å². The number of carbonyl (C=O) groups is 4. The van der Waals surface area contributed by atoms with Gasteiger partial charge in [0.25, 0.3) is 11.8 Å². The van der Waals surface area contributed by atoms with Crippen LogP contribution in [0, 0.1) is 0 Å². The molecule has 9 nitrogen and oxygen atoms in total. The fraction of sp³-hybridized carbons (Fsp3) is 0.360. The van der Waals surface area contributed by atoms with Crippen LogP contribution in [0.4, 0.5) is 11.4 Å². The van der Waals surface area contributed by atoms with Gasteiger partial charge in [-0.3, -0.25) is 19.2 Å². The fourth-order valence-electron chi connectivity index (χ4n) is 4.01. The lowest BCUT2D eigenvalue weighted by molar-refractivity contribution is -0.123. The number of ether oxygens (including phenoxy) is 2. The highest BCUT2D eigenvalue weighted by molar-refractivity contribution is 6.23. The molecule has 2 aromatic rings. The number of methoxy groups -OCH3 is 2. The summed E-state index contributed by atoms with van der Waals surface area (Å²) in [5.41, 5.74) is 0.479. The van der Waals surface area contributed by atoms with Crippen LogP contribution >= 0.6 is 0 Å². The van der Waals surface area contributed by atoms with Crippen molar-refractivity contribution < 1.29 is 28.7 Å². The Labute approximate surface area is 198 Å². The summed E-state index contributed by atoms with van der Waals surface area (Å²) in [7, 11) is 2.97. The number of nitrogens with zero attached hydrogens (tertiary/aromatic N) is 2. The van der Waals surface area contributed by atoms with Gasteiger partial charge >= 0.3 is 0 Å².